The lowest BCUT2D eigenvalue weighted by molar-refractivity contribution is -0.139. The minimum absolute atomic E-state index is 0.179. The number of hydrogen-bond donors (Lipinski definition) is 2. The molecule has 8 nitrogen and oxygen atoms in total. The molecule has 3 atom stereocenters. The Bertz CT molecular complexity index is 1580. The van der Waals surface area contributed by atoms with Gasteiger partial charge in [0.1, 0.15) is 24.6 Å². The highest BCUT2D eigenvalue weighted by Gasteiger charge is 2.47. The number of H-pyrrole nitrogens is 1. The zero-order valence-corrected chi connectivity index (χ0v) is 22.1. The molecule has 2 fully saturated rings. The highest BCUT2D eigenvalue weighted by molar-refractivity contribution is 5.89. The zero-order valence-electron chi connectivity index (χ0n) is 22.1. The van der Waals surface area contributed by atoms with Crippen LogP contribution in [0, 0.1) is 12.7 Å². The van der Waals surface area contributed by atoms with E-state index < -0.39 is 78.4 Å². The maximum absolute atomic E-state index is 15.1. The van der Waals surface area contributed by atoms with Gasteiger partial charge in [0.2, 0.25) is 17.7 Å². The molecule has 2 aliphatic rings. The molecule has 216 valence electrons. The van der Waals surface area contributed by atoms with Crippen LogP contribution in [-0.4, -0.2) is 50.9 Å². The monoisotopic (exact) mass is 572 g/mol. The van der Waals surface area contributed by atoms with Crippen molar-refractivity contribution < 1.29 is 27.2 Å². The molecule has 0 bridgehead atoms. The first-order valence-electron chi connectivity index (χ1n) is 13.2. The van der Waals surface area contributed by atoms with Crippen LogP contribution < -0.4 is 16.6 Å². The summed E-state index contributed by atoms with van der Waals surface area (Å²) in [6, 6.07) is 10.8. The first-order valence-corrected chi connectivity index (χ1v) is 13.2. The summed E-state index contributed by atoms with van der Waals surface area (Å²) < 4.78 is 57.3. The fourth-order valence-corrected chi connectivity index (χ4v) is 5.46. The van der Waals surface area contributed by atoms with Gasteiger partial charge in [-0.25, -0.2) is 22.4 Å². The number of carbonyl (C=O) groups excluding carboxylic acids is 2. The Kier molecular flexibility index (Phi) is 7.58. The lowest BCUT2D eigenvalue weighted by atomic mass is 9.76. The van der Waals surface area contributed by atoms with Gasteiger partial charge in [-0.2, -0.15) is 0 Å². The molecule has 1 saturated carbocycles. The number of aromatic amines is 1. The number of nitrogens with zero attached hydrogens (tertiary/aromatic N) is 2. The van der Waals surface area contributed by atoms with Crippen LogP contribution in [0.3, 0.4) is 0 Å². The normalized spacial score (nSPS) is 20.9. The SMILES string of the molecule is Cc1cn(CC(=O)N2CC(F)CC2C(=O)NC(c2ccccc2)c2ccc(C3CC(F)(F)C3)c(F)c2)c(=O)[nH]c1=O. The van der Waals surface area contributed by atoms with Crippen LogP contribution in [-0.2, 0) is 16.1 Å². The average Bonchev–Trinajstić information content (AvgIpc) is 3.31. The summed E-state index contributed by atoms with van der Waals surface area (Å²) in [6.07, 6.45) is -1.41. The molecule has 12 heteroatoms. The second-order valence-electron chi connectivity index (χ2n) is 10.7. The Morgan fingerprint density at radius 2 is 1.80 bits per heavy atom. The Labute approximate surface area is 232 Å². The van der Waals surface area contributed by atoms with Crippen molar-refractivity contribution in [2.24, 2.45) is 0 Å². The maximum atomic E-state index is 15.1. The summed E-state index contributed by atoms with van der Waals surface area (Å²) in [5.74, 6) is -5.44. The van der Waals surface area contributed by atoms with Crippen molar-refractivity contribution in [2.75, 3.05) is 6.54 Å². The lowest BCUT2D eigenvalue weighted by Crippen LogP contribution is -2.48. The van der Waals surface area contributed by atoms with Gasteiger partial charge in [-0.3, -0.25) is 23.9 Å². The third-order valence-corrected chi connectivity index (χ3v) is 7.67. The van der Waals surface area contributed by atoms with E-state index in [-0.39, 0.29) is 24.1 Å². The zero-order chi connectivity index (χ0) is 29.5. The van der Waals surface area contributed by atoms with Gasteiger partial charge in [0.05, 0.1) is 12.6 Å². The molecule has 1 aliphatic heterocycles. The van der Waals surface area contributed by atoms with Gasteiger partial charge in [0, 0.05) is 31.0 Å². The van der Waals surface area contributed by atoms with Crippen molar-refractivity contribution in [3.63, 3.8) is 0 Å². The number of alkyl halides is 3. The number of hydrogen-bond acceptors (Lipinski definition) is 4. The number of halogens is 4. The topological polar surface area (TPSA) is 104 Å². The van der Waals surface area contributed by atoms with Crippen LogP contribution in [0.1, 0.15) is 53.5 Å². The molecule has 1 saturated heterocycles. The third kappa shape index (κ3) is 5.96. The van der Waals surface area contributed by atoms with E-state index in [1.165, 1.54) is 25.3 Å². The van der Waals surface area contributed by atoms with E-state index in [0.717, 1.165) is 9.47 Å². The number of amides is 2. The van der Waals surface area contributed by atoms with E-state index in [0.29, 0.717) is 11.1 Å². The molecule has 0 spiro atoms. The van der Waals surface area contributed by atoms with Crippen LogP contribution >= 0.6 is 0 Å². The summed E-state index contributed by atoms with van der Waals surface area (Å²) in [7, 11) is 0. The summed E-state index contributed by atoms with van der Waals surface area (Å²) in [5.41, 5.74) is -0.0926. The van der Waals surface area contributed by atoms with Gasteiger partial charge in [0.15, 0.2) is 0 Å². The summed E-state index contributed by atoms with van der Waals surface area (Å²) in [5, 5.41) is 2.80. The average molecular weight is 573 g/mol. The number of carbonyl (C=O) groups is 2. The Balaban J connectivity index is 1.38. The first-order chi connectivity index (χ1) is 19.4. The highest BCUT2D eigenvalue weighted by atomic mass is 19.3. The Hall–Kier alpha value is -4.22. The van der Waals surface area contributed by atoms with Crippen LogP contribution in [0.2, 0.25) is 0 Å². The second-order valence-corrected chi connectivity index (χ2v) is 10.7. The molecule has 5 rings (SSSR count). The lowest BCUT2D eigenvalue weighted by Gasteiger charge is -2.35. The van der Waals surface area contributed by atoms with Gasteiger partial charge in [-0.05, 0) is 35.6 Å². The molecular weight excluding hydrogens is 544 g/mol. The number of rotatable bonds is 7. The van der Waals surface area contributed by atoms with Crippen molar-refractivity contribution in [3.05, 3.63) is 104 Å². The molecule has 2 N–H and O–H groups in total. The number of aromatic nitrogens is 2. The molecule has 0 radical (unpaired) electrons. The summed E-state index contributed by atoms with van der Waals surface area (Å²) >= 11 is 0. The summed E-state index contributed by atoms with van der Waals surface area (Å²) in [6.45, 7) is 0.588. The van der Waals surface area contributed by atoms with Crippen LogP contribution in [0.25, 0.3) is 0 Å². The Morgan fingerprint density at radius 1 is 1.10 bits per heavy atom. The van der Waals surface area contributed by atoms with Crippen LogP contribution in [0.4, 0.5) is 17.6 Å². The fraction of sp³-hybridized carbons (Fsp3) is 0.379. The second kappa shape index (κ2) is 11.0. The van der Waals surface area contributed by atoms with Crippen LogP contribution in [0.5, 0.6) is 0 Å². The van der Waals surface area contributed by atoms with E-state index in [2.05, 4.69) is 10.3 Å². The number of nitrogens with one attached hydrogen (secondary N) is 2. The van der Waals surface area contributed by atoms with Gasteiger partial charge >= 0.3 is 5.69 Å². The van der Waals surface area contributed by atoms with Gasteiger partial charge in [-0.1, -0.05) is 42.5 Å². The molecule has 41 heavy (non-hydrogen) atoms. The molecular formula is C29H28F4N4O4. The number of benzene rings is 2. The summed E-state index contributed by atoms with van der Waals surface area (Å²) in [4.78, 5) is 53.5. The standard InChI is InChI=1S/C29H28F4N4O4/c1-16-13-36(28(41)35-26(16)39)15-24(38)37-14-20(30)10-23(37)27(40)34-25(17-5-3-2-4-6-17)18-7-8-21(22(31)9-18)19-11-29(32,33)12-19/h2-9,13,19-20,23,25H,10-12,14-15H2,1H3,(H,34,40)(H,35,39,41). The Morgan fingerprint density at radius 3 is 2.46 bits per heavy atom. The van der Waals surface area contributed by atoms with Gasteiger partial charge in [-0.15, -0.1) is 0 Å². The molecule has 3 aromatic rings. The van der Waals surface area contributed by atoms with E-state index in [1.807, 2.05) is 0 Å². The molecule has 1 aromatic heterocycles. The predicted octanol–water partition coefficient (Wildman–Crippen LogP) is 3.34. The molecule has 2 aromatic carbocycles. The quantitative estimate of drug-likeness (QED) is 0.424. The highest BCUT2D eigenvalue weighted by Crippen LogP contribution is 2.49. The first kappa shape index (κ1) is 28.3. The van der Waals surface area contributed by atoms with Crippen molar-refractivity contribution in [2.45, 2.75) is 62.8 Å². The number of likely N-dealkylation sites (tertiary alicyclic amines) is 1. The van der Waals surface area contributed by atoms with E-state index in [9.17, 15) is 32.3 Å². The molecule has 2 amide bonds. The molecule has 1 aliphatic carbocycles. The molecule has 3 unspecified atom stereocenters. The third-order valence-electron chi connectivity index (χ3n) is 7.67. The van der Waals surface area contributed by atoms with Crippen LogP contribution in [0.15, 0.2) is 64.3 Å². The van der Waals surface area contributed by atoms with E-state index in [4.69, 9.17) is 0 Å². The smallest absolute Gasteiger partial charge is 0.328 e. The number of aryl methyl sites for hydroxylation is 1. The minimum Gasteiger partial charge on any atom is -0.343 e. The molecule has 2 heterocycles. The van der Waals surface area contributed by atoms with Crippen molar-refractivity contribution in [1.29, 1.82) is 0 Å². The van der Waals surface area contributed by atoms with Gasteiger partial charge in [0.25, 0.3) is 5.56 Å². The maximum Gasteiger partial charge on any atom is 0.328 e. The fourth-order valence-electron chi connectivity index (χ4n) is 5.46. The van der Waals surface area contributed by atoms with Gasteiger partial charge < -0.3 is 10.2 Å². The predicted molar refractivity (Wildman–Crippen MR) is 141 cm³/mol. The van der Waals surface area contributed by atoms with Crippen molar-refractivity contribution in [3.8, 4) is 0 Å². The van der Waals surface area contributed by atoms with E-state index in [1.54, 1.807) is 36.4 Å². The van der Waals surface area contributed by atoms with Crippen molar-refractivity contribution >= 4 is 11.8 Å². The van der Waals surface area contributed by atoms with Crippen molar-refractivity contribution in [1.82, 2.24) is 19.8 Å². The van der Waals surface area contributed by atoms with E-state index >= 15 is 4.39 Å². The minimum atomic E-state index is -2.81. The largest absolute Gasteiger partial charge is 0.343 e.